The van der Waals surface area contributed by atoms with Crippen LogP contribution in [0.3, 0.4) is 0 Å². The van der Waals surface area contributed by atoms with Crippen LogP contribution >= 0.6 is 0 Å². The lowest BCUT2D eigenvalue weighted by Gasteiger charge is -2.37. The molecule has 1 amide bonds. The third-order valence-corrected chi connectivity index (χ3v) is 4.47. The summed E-state index contributed by atoms with van der Waals surface area (Å²) in [7, 11) is 0. The fourth-order valence-electron chi connectivity index (χ4n) is 3.28. The van der Waals surface area contributed by atoms with Crippen LogP contribution in [0.5, 0.6) is 0 Å². The van der Waals surface area contributed by atoms with Crippen LogP contribution in [-0.2, 0) is 9.53 Å². The molecule has 6 nitrogen and oxygen atoms in total. The number of carbonyl (C=O) groups excluding carboxylic acids is 1. The van der Waals surface area contributed by atoms with Gasteiger partial charge in [-0.1, -0.05) is 0 Å². The molecule has 2 saturated heterocycles. The predicted octanol–water partition coefficient (Wildman–Crippen LogP) is 0.726. The number of nitrogens with one attached hydrogen (secondary N) is 1. The third-order valence-electron chi connectivity index (χ3n) is 4.47. The van der Waals surface area contributed by atoms with Gasteiger partial charge in [0.2, 0.25) is 5.91 Å². The number of anilines is 1. The van der Waals surface area contributed by atoms with Crippen molar-refractivity contribution in [3.63, 3.8) is 0 Å². The first-order chi connectivity index (χ1) is 11.1. The molecule has 1 N–H and O–H groups in total. The molecule has 23 heavy (non-hydrogen) atoms. The summed E-state index contributed by atoms with van der Waals surface area (Å²) in [5, 5.41) is 3.27. The van der Waals surface area contributed by atoms with Crippen LogP contribution in [0.25, 0.3) is 0 Å². The van der Waals surface area contributed by atoms with Gasteiger partial charge >= 0.3 is 0 Å². The number of aromatic nitrogens is 1. The monoisotopic (exact) mass is 318 g/mol. The standard InChI is InChI=1S/C17H26N4O2/c1-13-9-15(10-14(2)19-13)20-4-6-21(7-5-20)17(22)11-16-12-18-3-8-23-16/h9-10,16,18H,3-8,11-12H2,1-2H3. The Hall–Kier alpha value is -1.66. The number of nitrogens with zero attached hydrogens (tertiary/aromatic N) is 3. The Kier molecular flexibility index (Phi) is 5.13. The first-order valence-corrected chi connectivity index (χ1v) is 8.42. The van der Waals surface area contributed by atoms with Gasteiger partial charge in [-0.2, -0.15) is 0 Å². The number of pyridine rings is 1. The molecule has 6 heteroatoms. The number of ether oxygens (including phenoxy) is 1. The predicted molar refractivity (Wildman–Crippen MR) is 89.7 cm³/mol. The summed E-state index contributed by atoms with van der Waals surface area (Å²) in [4.78, 5) is 21.1. The molecule has 0 aliphatic carbocycles. The zero-order valence-corrected chi connectivity index (χ0v) is 14.0. The van der Waals surface area contributed by atoms with Crippen molar-refractivity contribution in [3.05, 3.63) is 23.5 Å². The molecule has 1 aromatic rings. The Balaban J connectivity index is 1.52. The van der Waals surface area contributed by atoms with Crippen molar-refractivity contribution >= 4 is 11.6 Å². The van der Waals surface area contributed by atoms with E-state index in [1.165, 1.54) is 5.69 Å². The Bertz CT molecular complexity index is 529. The van der Waals surface area contributed by atoms with E-state index in [0.717, 1.165) is 50.7 Å². The van der Waals surface area contributed by atoms with E-state index in [1.807, 2.05) is 18.7 Å². The molecule has 1 aromatic heterocycles. The summed E-state index contributed by atoms with van der Waals surface area (Å²) in [6.07, 6.45) is 0.514. The van der Waals surface area contributed by atoms with E-state index in [9.17, 15) is 4.79 Å². The lowest BCUT2D eigenvalue weighted by Crippen LogP contribution is -2.50. The maximum atomic E-state index is 12.4. The Morgan fingerprint density at radius 3 is 2.57 bits per heavy atom. The van der Waals surface area contributed by atoms with Crippen LogP contribution in [0, 0.1) is 13.8 Å². The molecule has 0 aromatic carbocycles. The largest absolute Gasteiger partial charge is 0.375 e. The van der Waals surface area contributed by atoms with Gasteiger partial charge in [0.25, 0.3) is 0 Å². The normalized spacial score (nSPS) is 22.3. The quantitative estimate of drug-likeness (QED) is 0.890. The van der Waals surface area contributed by atoms with Crippen LogP contribution < -0.4 is 10.2 Å². The molecule has 3 heterocycles. The van der Waals surface area contributed by atoms with E-state index in [4.69, 9.17) is 4.74 Å². The summed E-state index contributed by atoms with van der Waals surface area (Å²) in [5.74, 6) is 0.209. The van der Waals surface area contributed by atoms with Crippen molar-refractivity contribution in [3.8, 4) is 0 Å². The molecule has 0 spiro atoms. The van der Waals surface area contributed by atoms with E-state index < -0.39 is 0 Å². The minimum absolute atomic E-state index is 0.0276. The van der Waals surface area contributed by atoms with Crippen molar-refractivity contribution in [2.45, 2.75) is 26.4 Å². The Morgan fingerprint density at radius 2 is 1.96 bits per heavy atom. The maximum absolute atomic E-state index is 12.4. The van der Waals surface area contributed by atoms with Gasteiger partial charge in [-0.15, -0.1) is 0 Å². The highest BCUT2D eigenvalue weighted by molar-refractivity contribution is 5.77. The molecule has 0 radical (unpaired) electrons. The third kappa shape index (κ3) is 4.20. The summed E-state index contributed by atoms with van der Waals surface area (Å²) >= 11 is 0. The molecular formula is C17H26N4O2. The van der Waals surface area contributed by atoms with Gasteiger partial charge in [0.05, 0.1) is 19.1 Å². The number of aryl methyl sites for hydroxylation is 2. The molecule has 2 aliphatic rings. The van der Waals surface area contributed by atoms with Crippen molar-refractivity contribution in [2.24, 2.45) is 0 Å². The number of rotatable bonds is 3. The minimum atomic E-state index is 0.0276. The second-order valence-electron chi connectivity index (χ2n) is 6.38. The summed E-state index contributed by atoms with van der Waals surface area (Å²) in [5.41, 5.74) is 3.29. The van der Waals surface area contributed by atoms with E-state index in [2.05, 4.69) is 27.3 Å². The molecule has 0 bridgehead atoms. The molecule has 1 atom stereocenters. The molecule has 2 aliphatic heterocycles. The van der Waals surface area contributed by atoms with Crippen LogP contribution in [0.4, 0.5) is 5.69 Å². The fraction of sp³-hybridized carbons (Fsp3) is 0.647. The lowest BCUT2D eigenvalue weighted by atomic mass is 10.1. The topological polar surface area (TPSA) is 57.7 Å². The minimum Gasteiger partial charge on any atom is -0.375 e. The summed E-state index contributed by atoms with van der Waals surface area (Å²) in [6, 6.07) is 4.23. The number of piperazine rings is 1. The molecule has 1 unspecified atom stereocenters. The van der Waals surface area contributed by atoms with E-state index in [1.54, 1.807) is 0 Å². The SMILES string of the molecule is Cc1cc(N2CCN(C(=O)CC3CNCCO3)CC2)cc(C)n1. The second kappa shape index (κ2) is 7.27. The van der Waals surface area contributed by atoms with Gasteiger partial charge in [-0.3, -0.25) is 9.78 Å². The highest BCUT2D eigenvalue weighted by Gasteiger charge is 2.25. The highest BCUT2D eigenvalue weighted by Crippen LogP contribution is 2.19. The van der Waals surface area contributed by atoms with Gasteiger partial charge in [0, 0.05) is 56.3 Å². The van der Waals surface area contributed by atoms with E-state index in [-0.39, 0.29) is 12.0 Å². The average Bonchev–Trinajstić information content (AvgIpc) is 2.55. The fourth-order valence-corrected chi connectivity index (χ4v) is 3.28. The van der Waals surface area contributed by atoms with Crippen LogP contribution in [0.2, 0.25) is 0 Å². The zero-order valence-electron chi connectivity index (χ0n) is 14.0. The van der Waals surface area contributed by atoms with Gasteiger partial charge in [0.15, 0.2) is 0 Å². The molecule has 126 valence electrons. The van der Waals surface area contributed by atoms with Gasteiger partial charge in [0.1, 0.15) is 0 Å². The van der Waals surface area contributed by atoms with Gasteiger partial charge in [-0.25, -0.2) is 0 Å². The lowest BCUT2D eigenvalue weighted by molar-refractivity contribution is -0.135. The maximum Gasteiger partial charge on any atom is 0.225 e. The average molecular weight is 318 g/mol. The van der Waals surface area contributed by atoms with Crippen molar-refractivity contribution in [1.82, 2.24) is 15.2 Å². The van der Waals surface area contributed by atoms with E-state index in [0.29, 0.717) is 13.0 Å². The van der Waals surface area contributed by atoms with Crippen LogP contribution in [0.1, 0.15) is 17.8 Å². The number of morpholine rings is 1. The first-order valence-electron chi connectivity index (χ1n) is 8.42. The number of carbonyl (C=O) groups is 1. The number of hydrogen-bond donors (Lipinski definition) is 1. The van der Waals surface area contributed by atoms with E-state index >= 15 is 0 Å². The van der Waals surface area contributed by atoms with Gasteiger partial charge < -0.3 is 19.9 Å². The number of hydrogen-bond acceptors (Lipinski definition) is 5. The summed E-state index contributed by atoms with van der Waals surface area (Å²) < 4.78 is 5.63. The molecule has 3 rings (SSSR count). The Labute approximate surface area is 137 Å². The smallest absolute Gasteiger partial charge is 0.225 e. The van der Waals surface area contributed by atoms with Crippen molar-refractivity contribution in [1.29, 1.82) is 0 Å². The number of amides is 1. The molecular weight excluding hydrogens is 292 g/mol. The molecule has 0 saturated carbocycles. The highest BCUT2D eigenvalue weighted by atomic mass is 16.5. The second-order valence-corrected chi connectivity index (χ2v) is 6.38. The van der Waals surface area contributed by atoms with Gasteiger partial charge in [-0.05, 0) is 26.0 Å². The van der Waals surface area contributed by atoms with Crippen molar-refractivity contribution in [2.75, 3.05) is 50.8 Å². The van der Waals surface area contributed by atoms with Crippen LogP contribution in [0.15, 0.2) is 12.1 Å². The molecule has 2 fully saturated rings. The zero-order chi connectivity index (χ0) is 16.2. The van der Waals surface area contributed by atoms with Crippen molar-refractivity contribution < 1.29 is 9.53 Å². The Morgan fingerprint density at radius 1 is 1.26 bits per heavy atom. The van der Waals surface area contributed by atoms with Crippen LogP contribution in [-0.4, -0.2) is 67.8 Å². The summed E-state index contributed by atoms with van der Waals surface area (Å²) in [6.45, 7) is 9.71. The first kappa shape index (κ1) is 16.2.